The summed E-state index contributed by atoms with van der Waals surface area (Å²) in [6, 6.07) is 9.02. The van der Waals surface area contributed by atoms with Crippen molar-refractivity contribution in [3.63, 3.8) is 0 Å². The summed E-state index contributed by atoms with van der Waals surface area (Å²) in [5.41, 5.74) is 3.42. The van der Waals surface area contributed by atoms with Crippen LogP contribution < -0.4 is 10.8 Å². The molecule has 20 heavy (non-hydrogen) atoms. The molecule has 5 heteroatoms. The molecule has 1 aliphatic rings. The summed E-state index contributed by atoms with van der Waals surface area (Å²) in [6.07, 6.45) is 4.92. The Balaban J connectivity index is 1.82. The summed E-state index contributed by atoms with van der Waals surface area (Å²) in [7, 11) is 0. The van der Waals surface area contributed by atoms with E-state index >= 15 is 0 Å². The Kier molecular flexibility index (Phi) is 5.83. The standard InChI is InChI=1S/C15H22N2O3/c18-11-10-14(12-6-2-1-3-7-12)16-15(19)17-20-13-8-4-5-9-13/h1-3,6-7,13-14,18H,4-5,8-11H2,(H2,16,17,19)/t14-/m1/s1. The second-order valence-corrected chi connectivity index (χ2v) is 5.08. The molecule has 110 valence electrons. The minimum absolute atomic E-state index is 0.0172. The summed E-state index contributed by atoms with van der Waals surface area (Å²) in [4.78, 5) is 17.2. The number of aliphatic hydroxyl groups is 1. The minimum Gasteiger partial charge on any atom is -0.396 e. The molecule has 0 heterocycles. The number of urea groups is 1. The van der Waals surface area contributed by atoms with Gasteiger partial charge >= 0.3 is 6.03 Å². The second-order valence-electron chi connectivity index (χ2n) is 5.08. The third-order valence-corrected chi connectivity index (χ3v) is 3.55. The number of hydrogen-bond donors (Lipinski definition) is 3. The van der Waals surface area contributed by atoms with Crippen LogP contribution in [0.15, 0.2) is 30.3 Å². The molecule has 1 atom stereocenters. The summed E-state index contributed by atoms with van der Waals surface area (Å²) >= 11 is 0. The van der Waals surface area contributed by atoms with Crippen LogP contribution in [0.4, 0.5) is 4.79 Å². The highest BCUT2D eigenvalue weighted by Crippen LogP contribution is 2.20. The van der Waals surface area contributed by atoms with Gasteiger partial charge in [0.15, 0.2) is 0 Å². The topological polar surface area (TPSA) is 70.6 Å². The van der Waals surface area contributed by atoms with E-state index in [1.165, 1.54) is 0 Å². The van der Waals surface area contributed by atoms with Crippen molar-refractivity contribution in [1.29, 1.82) is 0 Å². The number of benzene rings is 1. The second kappa shape index (κ2) is 7.87. The van der Waals surface area contributed by atoms with E-state index in [1.807, 2.05) is 30.3 Å². The first-order chi connectivity index (χ1) is 9.79. The molecule has 3 N–H and O–H groups in total. The summed E-state index contributed by atoms with van der Waals surface area (Å²) in [5.74, 6) is 0. The van der Waals surface area contributed by atoms with Gasteiger partial charge in [-0.15, -0.1) is 0 Å². The monoisotopic (exact) mass is 278 g/mol. The van der Waals surface area contributed by atoms with Gasteiger partial charge in [0, 0.05) is 6.61 Å². The largest absolute Gasteiger partial charge is 0.396 e. The highest BCUT2D eigenvalue weighted by atomic mass is 16.7. The highest BCUT2D eigenvalue weighted by molar-refractivity contribution is 5.73. The van der Waals surface area contributed by atoms with Crippen LogP contribution in [0, 0.1) is 0 Å². The third-order valence-electron chi connectivity index (χ3n) is 3.55. The lowest BCUT2D eigenvalue weighted by molar-refractivity contribution is -0.000580. The van der Waals surface area contributed by atoms with Crippen LogP contribution in [-0.4, -0.2) is 23.8 Å². The van der Waals surface area contributed by atoms with Crippen LogP contribution in [0.5, 0.6) is 0 Å². The normalized spacial score (nSPS) is 16.9. The lowest BCUT2D eigenvalue weighted by atomic mass is 10.0. The number of amides is 2. The van der Waals surface area contributed by atoms with Gasteiger partial charge in [0.2, 0.25) is 0 Å². The van der Waals surface area contributed by atoms with Crippen molar-refractivity contribution >= 4 is 6.03 Å². The van der Waals surface area contributed by atoms with Gasteiger partial charge in [-0.2, -0.15) is 0 Å². The molecule has 0 aliphatic heterocycles. The van der Waals surface area contributed by atoms with Crippen molar-refractivity contribution < 1.29 is 14.7 Å². The maximum atomic E-state index is 11.8. The van der Waals surface area contributed by atoms with Crippen molar-refractivity contribution in [1.82, 2.24) is 10.8 Å². The van der Waals surface area contributed by atoms with Crippen molar-refractivity contribution in [2.24, 2.45) is 0 Å². The molecule has 1 aromatic carbocycles. The number of carbonyl (C=O) groups excluding carboxylic acids is 1. The van der Waals surface area contributed by atoms with E-state index in [9.17, 15) is 4.79 Å². The van der Waals surface area contributed by atoms with Gasteiger partial charge in [-0.25, -0.2) is 10.3 Å². The first-order valence-corrected chi connectivity index (χ1v) is 7.17. The highest BCUT2D eigenvalue weighted by Gasteiger charge is 2.18. The molecule has 0 aromatic heterocycles. The molecule has 2 amide bonds. The van der Waals surface area contributed by atoms with Crippen molar-refractivity contribution in [2.75, 3.05) is 6.61 Å². The average molecular weight is 278 g/mol. The molecule has 0 spiro atoms. The van der Waals surface area contributed by atoms with E-state index in [0.717, 1.165) is 31.2 Å². The maximum absolute atomic E-state index is 11.8. The fraction of sp³-hybridized carbons (Fsp3) is 0.533. The van der Waals surface area contributed by atoms with Gasteiger partial charge in [0.05, 0.1) is 12.1 Å². The molecule has 1 aliphatic carbocycles. The minimum atomic E-state index is -0.362. The Bertz CT molecular complexity index is 405. The van der Waals surface area contributed by atoms with Crippen molar-refractivity contribution in [3.8, 4) is 0 Å². The van der Waals surface area contributed by atoms with Crippen LogP contribution in [0.1, 0.15) is 43.7 Å². The number of nitrogens with one attached hydrogen (secondary N) is 2. The van der Waals surface area contributed by atoms with E-state index in [-0.39, 0.29) is 24.8 Å². The average Bonchev–Trinajstić information content (AvgIpc) is 2.99. The Labute approximate surface area is 119 Å². The van der Waals surface area contributed by atoms with E-state index in [2.05, 4.69) is 10.8 Å². The molecule has 0 unspecified atom stereocenters. The molecular weight excluding hydrogens is 256 g/mol. The molecule has 0 saturated heterocycles. The summed E-state index contributed by atoms with van der Waals surface area (Å²) in [5, 5.41) is 11.9. The molecule has 2 rings (SSSR count). The van der Waals surface area contributed by atoms with Gasteiger partial charge in [0.1, 0.15) is 0 Å². The van der Waals surface area contributed by atoms with Gasteiger partial charge < -0.3 is 10.4 Å². The zero-order valence-corrected chi connectivity index (χ0v) is 11.5. The zero-order chi connectivity index (χ0) is 14.2. The number of rotatable bonds is 6. The van der Waals surface area contributed by atoms with Crippen molar-refractivity contribution in [3.05, 3.63) is 35.9 Å². The smallest absolute Gasteiger partial charge is 0.339 e. The van der Waals surface area contributed by atoms with Crippen molar-refractivity contribution in [2.45, 2.75) is 44.2 Å². The fourth-order valence-corrected chi connectivity index (χ4v) is 2.47. The van der Waals surface area contributed by atoms with Crippen LogP contribution in [0.3, 0.4) is 0 Å². The Morgan fingerprint density at radius 1 is 1.30 bits per heavy atom. The number of carbonyl (C=O) groups is 1. The summed E-state index contributed by atoms with van der Waals surface area (Å²) < 4.78 is 0. The SMILES string of the molecule is O=C(NOC1CCCC1)N[C@H](CCO)c1ccccc1. The molecule has 1 fully saturated rings. The Hall–Kier alpha value is -1.59. The molecule has 0 radical (unpaired) electrons. The van der Waals surface area contributed by atoms with Gasteiger partial charge in [-0.1, -0.05) is 43.2 Å². The predicted octanol–water partition coefficient (Wildman–Crippen LogP) is 2.28. The molecule has 0 bridgehead atoms. The fourth-order valence-electron chi connectivity index (χ4n) is 2.47. The summed E-state index contributed by atoms with van der Waals surface area (Å²) in [6.45, 7) is 0.0172. The van der Waals surface area contributed by atoms with Crippen LogP contribution in [0.25, 0.3) is 0 Å². The molecule has 1 saturated carbocycles. The lowest BCUT2D eigenvalue weighted by Crippen LogP contribution is -2.39. The van der Waals surface area contributed by atoms with E-state index in [0.29, 0.717) is 6.42 Å². The van der Waals surface area contributed by atoms with Gasteiger partial charge in [-0.05, 0) is 24.8 Å². The Morgan fingerprint density at radius 3 is 2.65 bits per heavy atom. The van der Waals surface area contributed by atoms with Gasteiger partial charge in [-0.3, -0.25) is 4.84 Å². The third kappa shape index (κ3) is 4.51. The van der Waals surface area contributed by atoms with Crippen LogP contribution in [-0.2, 0) is 4.84 Å². The predicted molar refractivity (Wildman–Crippen MR) is 75.9 cm³/mol. The van der Waals surface area contributed by atoms with E-state index in [1.54, 1.807) is 0 Å². The molecular formula is C15H22N2O3. The van der Waals surface area contributed by atoms with Crippen LogP contribution >= 0.6 is 0 Å². The number of aliphatic hydroxyl groups excluding tert-OH is 1. The quantitative estimate of drug-likeness (QED) is 0.699. The lowest BCUT2D eigenvalue weighted by Gasteiger charge is -2.19. The zero-order valence-electron chi connectivity index (χ0n) is 11.5. The van der Waals surface area contributed by atoms with Crippen LogP contribution in [0.2, 0.25) is 0 Å². The van der Waals surface area contributed by atoms with Gasteiger partial charge in [0.25, 0.3) is 0 Å². The van der Waals surface area contributed by atoms with E-state index < -0.39 is 0 Å². The first kappa shape index (κ1) is 14.8. The molecule has 1 aromatic rings. The number of hydrogen-bond acceptors (Lipinski definition) is 3. The first-order valence-electron chi connectivity index (χ1n) is 7.17. The maximum Gasteiger partial charge on any atom is 0.339 e. The Morgan fingerprint density at radius 2 is 2.00 bits per heavy atom. The number of hydroxylamine groups is 1. The molecule has 5 nitrogen and oxygen atoms in total. The van der Waals surface area contributed by atoms with E-state index in [4.69, 9.17) is 9.94 Å².